The lowest BCUT2D eigenvalue weighted by Crippen LogP contribution is -2.10. The fourth-order valence-corrected chi connectivity index (χ4v) is 1.45. The van der Waals surface area contributed by atoms with Gasteiger partial charge in [-0.25, -0.2) is 0 Å². The van der Waals surface area contributed by atoms with Crippen molar-refractivity contribution in [1.29, 1.82) is 0 Å². The van der Waals surface area contributed by atoms with Crippen LogP contribution in [-0.4, -0.2) is 12.5 Å². The average molecular weight is 245 g/mol. The first kappa shape index (κ1) is 12.2. The van der Waals surface area contributed by atoms with Crippen LogP contribution in [0.25, 0.3) is 0 Å². The second-order valence-electron chi connectivity index (χ2n) is 3.84. The van der Waals surface area contributed by atoms with Crippen LogP contribution in [0.5, 0.6) is 5.75 Å². The van der Waals surface area contributed by atoms with E-state index in [-0.39, 0.29) is 5.91 Å². The topological polar surface area (TPSA) is 51.5 Å². The van der Waals surface area contributed by atoms with E-state index in [1.165, 1.54) is 12.5 Å². The summed E-state index contributed by atoms with van der Waals surface area (Å²) in [7, 11) is 0. The van der Waals surface area contributed by atoms with Gasteiger partial charge in [0.2, 0.25) is 0 Å². The summed E-state index contributed by atoms with van der Waals surface area (Å²) in [6.45, 7) is 2.75. The molecule has 0 fully saturated rings. The van der Waals surface area contributed by atoms with Gasteiger partial charge in [0.05, 0.1) is 18.4 Å². The molecule has 18 heavy (non-hydrogen) atoms. The number of rotatable bonds is 5. The van der Waals surface area contributed by atoms with Crippen LogP contribution in [0.4, 0.5) is 5.69 Å². The SMILES string of the molecule is CCCOc1ccc(NC(=O)c2ccoc2)cc1. The van der Waals surface area contributed by atoms with E-state index in [4.69, 9.17) is 9.15 Å². The molecule has 4 nitrogen and oxygen atoms in total. The largest absolute Gasteiger partial charge is 0.494 e. The lowest BCUT2D eigenvalue weighted by Gasteiger charge is -2.06. The maximum atomic E-state index is 11.7. The monoisotopic (exact) mass is 245 g/mol. The third kappa shape index (κ3) is 3.13. The summed E-state index contributed by atoms with van der Waals surface area (Å²) >= 11 is 0. The minimum atomic E-state index is -0.189. The molecule has 2 aromatic rings. The molecule has 0 aliphatic heterocycles. The van der Waals surface area contributed by atoms with Crippen molar-refractivity contribution in [2.45, 2.75) is 13.3 Å². The van der Waals surface area contributed by atoms with Gasteiger partial charge in [0, 0.05) is 5.69 Å². The highest BCUT2D eigenvalue weighted by Crippen LogP contribution is 2.16. The molecule has 0 saturated carbocycles. The first-order chi connectivity index (χ1) is 8.79. The number of amides is 1. The van der Waals surface area contributed by atoms with Crippen LogP contribution in [0, 0.1) is 0 Å². The zero-order valence-electron chi connectivity index (χ0n) is 10.2. The number of ether oxygens (including phenoxy) is 1. The second-order valence-corrected chi connectivity index (χ2v) is 3.84. The van der Waals surface area contributed by atoms with Crippen LogP contribution in [0.1, 0.15) is 23.7 Å². The highest BCUT2D eigenvalue weighted by atomic mass is 16.5. The Morgan fingerprint density at radius 3 is 2.67 bits per heavy atom. The fraction of sp³-hybridized carbons (Fsp3) is 0.214. The molecule has 1 aromatic heterocycles. The van der Waals surface area contributed by atoms with Gasteiger partial charge >= 0.3 is 0 Å². The first-order valence-electron chi connectivity index (χ1n) is 5.86. The van der Waals surface area contributed by atoms with Crippen molar-refractivity contribution in [3.05, 3.63) is 48.4 Å². The van der Waals surface area contributed by atoms with Gasteiger partial charge in [0.25, 0.3) is 5.91 Å². The number of carbonyl (C=O) groups excluding carboxylic acids is 1. The molecule has 0 aliphatic carbocycles. The van der Waals surface area contributed by atoms with Crippen molar-refractivity contribution in [3.8, 4) is 5.75 Å². The molecule has 0 aliphatic rings. The van der Waals surface area contributed by atoms with Gasteiger partial charge in [0.15, 0.2) is 0 Å². The van der Waals surface area contributed by atoms with Gasteiger partial charge in [-0.05, 0) is 36.8 Å². The van der Waals surface area contributed by atoms with Crippen LogP contribution in [-0.2, 0) is 0 Å². The average Bonchev–Trinajstić information content (AvgIpc) is 2.92. The van der Waals surface area contributed by atoms with E-state index in [1.54, 1.807) is 6.07 Å². The zero-order valence-corrected chi connectivity index (χ0v) is 10.2. The van der Waals surface area contributed by atoms with Gasteiger partial charge in [-0.3, -0.25) is 4.79 Å². The zero-order chi connectivity index (χ0) is 12.8. The molecule has 2 rings (SSSR count). The molecule has 1 N–H and O–H groups in total. The van der Waals surface area contributed by atoms with Gasteiger partial charge in [-0.1, -0.05) is 6.92 Å². The minimum absolute atomic E-state index is 0.189. The Balaban J connectivity index is 1.96. The maximum absolute atomic E-state index is 11.7. The van der Waals surface area contributed by atoms with Crippen molar-refractivity contribution in [3.63, 3.8) is 0 Å². The minimum Gasteiger partial charge on any atom is -0.494 e. The quantitative estimate of drug-likeness (QED) is 0.879. The predicted molar refractivity (Wildman–Crippen MR) is 68.9 cm³/mol. The lowest BCUT2D eigenvalue weighted by molar-refractivity contribution is 0.102. The first-order valence-corrected chi connectivity index (χ1v) is 5.86. The van der Waals surface area contributed by atoms with E-state index >= 15 is 0 Å². The molecule has 0 spiro atoms. The fourth-order valence-electron chi connectivity index (χ4n) is 1.45. The molecule has 0 unspecified atom stereocenters. The van der Waals surface area contributed by atoms with Crippen molar-refractivity contribution in [2.24, 2.45) is 0 Å². The smallest absolute Gasteiger partial charge is 0.258 e. The summed E-state index contributed by atoms with van der Waals surface area (Å²) in [5, 5.41) is 2.77. The van der Waals surface area contributed by atoms with E-state index in [2.05, 4.69) is 12.2 Å². The number of furan rings is 1. The molecule has 94 valence electrons. The second kappa shape index (κ2) is 5.91. The molecule has 0 radical (unpaired) electrons. The summed E-state index contributed by atoms with van der Waals surface area (Å²) in [6.07, 6.45) is 3.85. The van der Waals surface area contributed by atoms with Crippen LogP contribution in [0.2, 0.25) is 0 Å². The van der Waals surface area contributed by atoms with Crippen molar-refractivity contribution in [2.75, 3.05) is 11.9 Å². The summed E-state index contributed by atoms with van der Waals surface area (Å²) in [4.78, 5) is 11.7. The molecule has 1 aromatic carbocycles. The van der Waals surface area contributed by atoms with Crippen LogP contribution in [0.15, 0.2) is 47.3 Å². The van der Waals surface area contributed by atoms with E-state index in [1.807, 2.05) is 24.3 Å². The van der Waals surface area contributed by atoms with E-state index < -0.39 is 0 Å². The Hall–Kier alpha value is -2.23. The van der Waals surface area contributed by atoms with Gasteiger partial charge < -0.3 is 14.5 Å². The summed E-state index contributed by atoms with van der Waals surface area (Å²) in [5.74, 6) is 0.615. The Morgan fingerprint density at radius 2 is 2.06 bits per heavy atom. The maximum Gasteiger partial charge on any atom is 0.258 e. The molecular weight excluding hydrogens is 230 g/mol. The van der Waals surface area contributed by atoms with Gasteiger partial charge in [0.1, 0.15) is 12.0 Å². The molecular formula is C14H15NO3. The van der Waals surface area contributed by atoms with Gasteiger partial charge in [-0.15, -0.1) is 0 Å². The Kier molecular flexibility index (Phi) is 4.02. The predicted octanol–water partition coefficient (Wildman–Crippen LogP) is 3.32. The van der Waals surface area contributed by atoms with Crippen molar-refractivity contribution < 1.29 is 13.9 Å². The Labute approximate surface area is 106 Å². The lowest BCUT2D eigenvalue weighted by atomic mass is 10.2. The number of hydrogen-bond donors (Lipinski definition) is 1. The van der Waals surface area contributed by atoms with E-state index in [9.17, 15) is 4.79 Å². The van der Waals surface area contributed by atoms with Crippen molar-refractivity contribution >= 4 is 11.6 Å². The number of nitrogens with one attached hydrogen (secondary N) is 1. The molecule has 4 heteroatoms. The number of benzene rings is 1. The molecule has 0 atom stereocenters. The third-order valence-corrected chi connectivity index (χ3v) is 2.37. The van der Waals surface area contributed by atoms with Crippen molar-refractivity contribution in [1.82, 2.24) is 0 Å². The number of carbonyl (C=O) groups is 1. The Bertz CT molecular complexity index is 488. The molecule has 1 amide bonds. The van der Waals surface area contributed by atoms with Crippen LogP contribution >= 0.6 is 0 Å². The van der Waals surface area contributed by atoms with Crippen LogP contribution < -0.4 is 10.1 Å². The summed E-state index contributed by atoms with van der Waals surface area (Å²) in [5.41, 5.74) is 1.23. The molecule has 0 saturated heterocycles. The summed E-state index contributed by atoms with van der Waals surface area (Å²) in [6, 6.07) is 8.90. The molecule has 0 bridgehead atoms. The highest BCUT2D eigenvalue weighted by molar-refractivity contribution is 6.03. The van der Waals surface area contributed by atoms with Gasteiger partial charge in [-0.2, -0.15) is 0 Å². The highest BCUT2D eigenvalue weighted by Gasteiger charge is 2.06. The van der Waals surface area contributed by atoms with E-state index in [0.717, 1.165) is 17.9 Å². The number of hydrogen-bond acceptors (Lipinski definition) is 3. The third-order valence-electron chi connectivity index (χ3n) is 2.37. The van der Waals surface area contributed by atoms with E-state index in [0.29, 0.717) is 12.2 Å². The normalized spacial score (nSPS) is 10.1. The van der Waals surface area contributed by atoms with Crippen LogP contribution in [0.3, 0.4) is 0 Å². The number of anilines is 1. The summed E-state index contributed by atoms with van der Waals surface area (Å²) < 4.78 is 10.3. The standard InChI is InChI=1S/C14H15NO3/c1-2-8-18-13-5-3-12(4-6-13)15-14(16)11-7-9-17-10-11/h3-7,9-10H,2,8H2,1H3,(H,15,16). The molecule has 1 heterocycles. The Morgan fingerprint density at radius 1 is 1.28 bits per heavy atom.